The summed E-state index contributed by atoms with van der Waals surface area (Å²) in [6.45, 7) is 4.02. The maximum Gasteiger partial charge on any atom is 0.253 e. The van der Waals surface area contributed by atoms with E-state index in [9.17, 15) is 9.90 Å². The van der Waals surface area contributed by atoms with Crippen molar-refractivity contribution in [2.75, 3.05) is 6.61 Å². The highest BCUT2D eigenvalue weighted by atomic mass is 35.5. The summed E-state index contributed by atoms with van der Waals surface area (Å²) in [5.41, 5.74) is 0.470. The standard InChI is InChI=1S/C16H19ClN2O2/c1-10(2)7-11(9-20)19-16(21)14-8-18-15(17)13-6-4-3-5-12(13)14/h3-6,8,10-11,20H,7,9H2,1-2H3,(H,19,21). The Hall–Kier alpha value is -1.65. The summed E-state index contributed by atoms with van der Waals surface area (Å²) in [5, 5.41) is 14.1. The average Bonchev–Trinajstić information content (AvgIpc) is 2.46. The first-order valence-corrected chi connectivity index (χ1v) is 7.35. The molecular formula is C16H19ClN2O2. The summed E-state index contributed by atoms with van der Waals surface area (Å²) < 4.78 is 0. The van der Waals surface area contributed by atoms with Crippen molar-refractivity contribution in [3.63, 3.8) is 0 Å². The van der Waals surface area contributed by atoms with E-state index in [1.807, 2.05) is 38.1 Å². The van der Waals surface area contributed by atoms with E-state index in [0.717, 1.165) is 17.2 Å². The smallest absolute Gasteiger partial charge is 0.253 e. The van der Waals surface area contributed by atoms with Crippen LogP contribution in [-0.4, -0.2) is 28.6 Å². The lowest BCUT2D eigenvalue weighted by atomic mass is 10.0. The van der Waals surface area contributed by atoms with Crippen LogP contribution in [-0.2, 0) is 0 Å². The van der Waals surface area contributed by atoms with E-state index < -0.39 is 0 Å². The number of nitrogens with one attached hydrogen (secondary N) is 1. The van der Waals surface area contributed by atoms with Crippen molar-refractivity contribution >= 4 is 28.3 Å². The summed E-state index contributed by atoms with van der Waals surface area (Å²) in [4.78, 5) is 16.5. The topological polar surface area (TPSA) is 62.2 Å². The van der Waals surface area contributed by atoms with E-state index >= 15 is 0 Å². The fourth-order valence-electron chi connectivity index (χ4n) is 2.35. The molecule has 0 spiro atoms. The number of halogens is 1. The minimum atomic E-state index is -0.257. The maximum atomic E-state index is 12.4. The molecule has 21 heavy (non-hydrogen) atoms. The van der Waals surface area contributed by atoms with Crippen molar-refractivity contribution in [3.8, 4) is 0 Å². The van der Waals surface area contributed by atoms with E-state index in [1.165, 1.54) is 6.20 Å². The highest BCUT2D eigenvalue weighted by Gasteiger charge is 2.17. The molecule has 0 aliphatic carbocycles. The van der Waals surface area contributed by atoms with Gasteiger partial charge in [-0.2, -0.15) is 0 Å². The van der Waals surface area contributed by atoms with Gasteiger partial charge in [0.15, 0.2) is 0 Å². The zero-order valence-electron chi connectivity index (χ0n) is 12.1. The largest absolute Gasteiger partial charge is 0.394 e. The summed E-state index contributed by atoms with van der Waals surface area (Å²) in [5.74, 6) is 0.151. The number of aliphatic hydroxyl groups excluding tert-OH is 1. The van der Waals surface area contributed by atoms with Gasteiger partial charge >= 0.3 is 0 Å². The van der Waals surface area contributed by atoms with Crippen LogP contribution < -0.4 is 5.32 Å². The van der Waals surface area contributed by atoms with Gasteiger partial charge in [0.05, 0.1) is 18.2 Å². The number of fused-ring (bicyclic) bond motifs is 1. The SMILES string of the molecule is CC(C)CC(CO)NC(=O)c1cnc(Cl)c2ccccc12. The molecule has 1 heterocycles. The molecule has 1 amide bonds. The number of pyridine rings is 1. The second-order valence-corrected chi connectivity index (χ2v) is 5.85. The lowest BCUT2D eigenvalue weighted by Crippen LogP contribution is -2.38. The van der Waals surface area contributed by atoms with E-state index in [1.54, 1.807) is 0 Å². The monoisotopic (exact) mass is 306 g/mol. The fraction of sp³-hybridized carbons (Fsp3) is 0.375. The van der Waals surface area contributed by atoms with Crippen LogP contribution in [0.2, 0.25) is 5.15 Å². The van der Waals surface area contributed by atoms with E-state index in [2.05, 4.69) is 10.3 Å². The third-order valence-corrected chi connectivity index (χ3v) is 3.60. The predicted molar refractivity (Wildman–Crippen MR) is 84.5 cm³/mol. The van der Waals surface area contributed by atoms with Gasteiger partial charge < -0.3 is 10.4 Å². The lowest BCUT2D eigenvalue weighted by Gasteiger charge is -2.18. The Morgan fingerprint density at radius 1 is 1.33 bits per heavy atom. The van der Waals surface area contributed by atoms with Crippen molar-refractivity contribution in [1.82, 2.24) is 10.3 Å². The first-order chi connectivity index (χ1) is 10.0. The van der Waals surface area contributed by atoms with Crippen LogP contribution in [0.15, 0.2) is 30.5 Å². The molecule has 0 aliphatic rings. The van der Waals surface area contributed by atoms with Gasteiger partial charge in [-0.1, -0.05) is 49.7 Å². The Labute approximate surface area is 129 Å². The normalized spacial score (nSPS) is 12.6. The Balaban J connectivity index is 2.29. The van der Waals surface area contributed by atoms with Crippen LogP contribution in [0.3, 0.4) is 0 Å². The number of rotatable bonds is 5. The van der Waals surface area contributed by atoms with Gasteiger partial charge in [-0.15, -0.1) is 0 Å². The Morgan fingerprint density at radius 2 is 2.00 bits per heavy atom. The molecule has 0 aliphatic heterocycles. The molecule has 5 heteroatoms. The van der Waals surface area contributed by atoms with Crippen LogP contribution in [0.25, 0.3) is 10.8 Å². The molecule has 2 rings (SSSR count). The second-order valence-electron chi connectivity index (χ2n) is 5.49. The first-order valence-electron chi connectivity index (χ1n) is 6.98. The number of benzene rings is 1. The molecule has 0 radical (unpaired) electrons. The highest BCUT2D eigenvalue weighted by Crippen LogP contribution is 2.24. The number of aromatic nitrogens is 1. The number of nitrogens with zero attached hydrogens (tertiary/aromatic N) is 1. The van der Waals surface area contributed by atoms with Crippen LogP contribution in [0.5, 0.6) is 0 Å². The third-order valence-electron chi connectivity index (χ3n) is 3.30. The molecule has 0 saturated carbocycles. The van der Waals surface area contributed by atoms with Crippen LogP contribution >= 0.6 is 11.6 Å². The summed E-state index contributed by atoms with van der Waals surface area (Å²) in [7, 11) is 0. The summed E-state index contributed by atoms with van der Waals surface area (Å²) in [6.07, 6.45) is 2.20. The average molecular weight is 307 g/mol. The third kappa shape index (κ3) is 3.71. The molecule has 1 aromatic heterocycles. The van der Waals surface area contributed by atoms with Crippen molar-refractivity contribution in [1.29, 1.82) is 0 Å². The number of carbonyl (C=O) groups excluding carboxylic acids is 1. The van der Waals surface area contributed by atoms with Crippen molar-refractivity contribution < 1.29 is 9.90 Å². The maximum absolute atomic E-state index is 12.4. The predicted octanol–water partition coefficient (Wildman–Crippen LogP) is 3.03. The lowest BCUT2D eigenvalue weighted by molar-refractivity contribution is 0.0909. The Kier molecular flexibility index (Phi) is 5.15. The Morgan fingerprint density at radius 3 is 2.62 bits per heavy atom. The van der Waals surface area contributed by atoms with Gasteiger partial charge in [0.25, 0.3) is 5.91 Å². The minimum Gasteiger partial charge on any atom is -0.394 e. The summed E-state index contributed by atoms with van der Waals surface area (Å²) >= 11 is 6.05. The number of aliphatic hydroxyl groups is 1. The minimum absolute atomic E-state index is 0.0805. The van der Waals surface area contributed by atoms with Gasteiger partial charge in [-0.25, -0.2) is 4.98 Å². The van der Waals surface area contributed by atoms with Crippen molar-refractivity contribution in [2.45, 2.75) is 26.3 Å². The zero-order valence-corrected chi connectivity index (χ0v) is 12.9. The van der Waals surface area contributed by atoms with Gasteiger partial charge in [-0.05, 0) is 17.7 Å². The molecule has 0 saturated heterocycles. The number of amides is 1. The molecule has 2 N–H and O–H groups in total. The molecule has 112 valence electrons. The second kappa shape index (κ2) is 6.87. The van der Waals surface area contributed by atoms with Gasteiger partial charge in [0.2, 0.25) is 0 Å². The van der Waals surface area contributed by atoms with Crippen molar-refractivity contribution in [2.24, 2.45) is 5.92 Å². The Bertz CT molecular complexity index is 643. The van der Waals surface area contributed by atoms with Crippen LogP contribution in [0.4, 0.5) is 0 Å². The van der Waals surface area contributed by atoms with Gasteiger partial charge in [0, 0.05) is 11.6 Å². The van der Waals surface area contributed by atoms with E-state index in [0.29, 0.717) is 16.6 Å². The molecule has 1 atom stereocenters. The van der Waals surface area contributed by atoms with Gasteiger partial charge in [0.1, 0.15) is 5.15 Å². The molecule has 0 fully saturated rings. The zero-order chi connectivity index (χ0) is 15.4. The molecule has 2 aromatic rings. The van der Waals surface area contributed by atoms with Crippen molar-refractivity contribution in [3.05, 3.63) is 41.2 Å². The van der Waals surface area contributed by atoms with E-state index in [4.69, 9.17) is 11.6 Å². The highest BCUT2D eigenvalue weighted by molar-refractivity contribution is 6.34. The number of hydrogen-bond acceptors (Lipinski definition) is 3. The van der Waals surface area contributed by atoms with Crippen LogP contribution in [0, 0.1) is 5.92 Å². The molecule has 1 aromatic carbocycles. The first kappa shape index (κ1) is 15.7. The van der Waals surface area contributed by atoms with Gasteiger partial charge in [-0.3, -0.25) is 4.79 Å². The van der Waals surface area contributed by atoms with E-state index in [-0.39, 0.29) is 18.6 Å². The molecule has 4 nitrogen and oxygen atoms in total. The molecule has 0 bridgehead atoms. The van der Waals surface area contributed by atoms with Crippen LogP contribution in [0.1, 0.15) is 30.6 Å². The molecule has 1 unspecified atom stereocenters. The fourth-order valence-corrected chi connectivity index (χ4v) is 2.56. The summed E-state index contributed by atoms with van der Waals surface area (Å²) in [6, 6.07) is 7.12. The molecular weight excluding hydrogens is 288 g/mol. The number of hydrogen-bond donors (Lipinski definition) is 2. The quantitative estimate of drug-likeness (QED) is 0.835. The number of carbonyl (C=O) groups is 1.